The smallest absolute Gasteiger partial charge is 0.131 e. The molecule has 82 valence electrons. The number of nitrogens with two attached hydrogens (primary N) is 1. The quantitative estimate of drug-likeness (QED) is 0.721. The van der Waals surface area contributed by atoms with Crippen molar-refractivity contribution in [2.75, 3.05) is 5.73 Å². The molecule has 0 aliphatic carbocycles. The second-order valence-electron chi connectivity index (χ2n) is 4.00. The number of rotatable bonds is 1. The third-order valence-electron chi connectivity index (χ3n) is 2.78. The lowest BCUT2D eigenvalue weighted by molar-refractivity contribution is 0.631. The maximum absolute atomic E-state index is 13.6. The van der Waals surface area contributed by atoms with Crippen LogP contribution in [0.3, 0.4) is 0 Å². The van der Waals surface area contributed by atoms with Gasteiger partial charge in [0.05, 0.1) is 0 Å². The lowest BCUT2D eigenvalue weighted by atomic mass is 9.99. The monoisotopic (exact) mass is 215 g/mol. The zero-order chi connectivity index (χ0) is 11.7. The molecule has 1 nitrogen and oxygen atoms in total. The second-order valence-corrected chi connectivity index (χ2v) is 4.00. The van der Waals surface area contributed by atoms with E-state index >= 15 is 0 Å². The highest BCUT2D eigenvalue weighted by Crippen LogP contribution is 2.28. The molecule has 2 aromatic rings. The van der Waals surface area contributed by atoms with Crippen LogP contribution in [0.25, 0.3) is 11.1 Å². The van der Waals surface area contributed by atoms with Crippen molar-refractivity contribution in [2.24, 2.45) is 0 Å². The number of hydrogen-bond acceptors (Lipinski definition) is 1. The van der Waals surface area contributed by atoms with Crippen LogP contribution in [0.4, 0.5) is 10.1 Å². The molecule has 0 aromatic heterocycles. The maximum Gasteiger partial charge on any atom is 0.131 e. The van der Waals surface area contributed by atoms with Crippen molar-refractivity contribution in [3.05, 3.63) is 53.3 Å². The van der Waals surface area contributed by atoms with Crippen LogP contribution in [0.1, 0.15) is 11.1 Å². The first-order chi connectivity index (χ1) is 7.59. The van der Waals surface area contributed by atoms with Gasteiger partial charge in [0.15, 0.2) is 0 Å². The number of anilines is 1. The van der Waals surface area contributed by atoms with Gasteiger partial charge in [0.25, 0.3) is 0 Å². The first-order valence-corrected chi connectivity index (χ1v) is 5.21. The molecule has 2 aromatic carbocycles. The fourth-order valence-electron chi connectivity index (χ4n) is 1.83. The minimum atomic E-state index is -0.203. The highest BCUT2D eigenvalue weighted by molar-refractivity contribution is 5.70. The third kappa shape index (κ3) is 1.78. The van der Waals surface area contributed by atoms with Crippen molar-refractivity contribution in [2.45, 2.75) is 13.8 Å². The van der Waals surface area contributed by atoms with E-state index in [9.17, 15) is 4.39 Å². The first-order valence-electron chi connectivity index (χ1n) is 5.21. The van der Waals surface area contributed by atoms with Crippen LogP contribution >= 0.6 is 0 Å². The molecule has 0 saturated heterocycles. The Morgan fingerprint density at radius 3 is 2.12 bits per heavy atom. The van der Waals surface area contributed by atoms with Crippen LogP contribution in [-0.4, -0.2) is 0 Å². The highest BCUT2D eigenvalue weighted by atomic mass is 19.1. The van der Waals surface area contributed by atoms with Crippen LogP contribution in [0.5, 0.6) is 0 Å². The molecular formula is C14H14FN. The van der Waals surface area contributed by atoms with Crippen molar-refractivity contribution >= 4 is 5.69 Å². The van der Waals surface area contributed by atoms with Crippen molar-refractivity contribution in [3.8, 4) is 11.1 Å². The van der Waals surface area contributed by atoms with Gasteiger partial charge < -0.3 is 5.73 Å². The molecule has 0 amide bonds. The summed E-state index contributed by atoms with van der Waals surface area (Å²) in [6.07, 6.45) is 0. The lowest BCUT2D eigenvalue weighted by Gasteiger charge is -2.09. The molecule has 0 fully saturated rings. The average Bonchev–Trinajstić information content (AvgIpc) is 2.26. The Morgan fingerprint density at radius 1 is 1.00 bits per heavy atom. The van der Waals surface area contributed by atoms with Gasteiger partial charge in [-0.2, -0.15) is 0 Å². The van der Waals surface area contributed by atoms with Crippen molar-refractivity contribution < 1.29 is 4.39 Å². The minimum absolute atomic E-state index is 0.203. The van der Waals surface area contributed by atoms with Gasteiger partial charge in [0.1, 0.15) is 5.82 Å². The molecule has 0 radical (unpaired) electrons. The largest absolute Gasteiger partial charge is 0.398 e. The summed E-state index contributed by atoms with van der Waals surface area (Å²) in [5, 5.41) is 0. The Kier molecular flexibility index (Phi) is 2.65. The van der Waals surface area contributed by atoms with E-state index in [0.717, 1.165) is 22.4 Å². The van der Waals surface area contributed by atoms with E-state index in [0.29, 0.717) is 5.56 Å². The van der Waals surface area contributed by atoms with Gasteiger partial charge in [-0.15, -0.1) is 0 Å². The van der Waals surface area contributed by atoms with Gasteiger partial charge in [0, 0.05) is 11.3 Å². The molecule has 0 bridgehead atoms. The Labute approximate surface area is 94.7 Å². The molecule has 2 N–H and O–H groups in total. The molecule has 2 rings (SSSR count). The topological polar surface area (TPSA) is 26.0 Å². The van der Waals surface area contributed by atoms with Crippen LogP contribution in [0.2, 0.25) is 0 Å². The van der Waals surface area contributed by atoms with Crippen molar-refractivity contribution in [1.29, 1.82) is 0 Å². The average molecular weight is 215 g/mol. The number of hydrogen-bond donors (Lipinski definition) is 1. The normalized spacial score (nSPS) is 10.4. The summed E-state index contributed by atoms with van der Waals surface area (Å²) in [6.45, 7) is 3.87. The Balaban J connectivity index is 2.62. The zero-order valence-electron chi connectivity index (χ0n) is 9.42. The van der Waals surface area contributed by atoms with Crippen LogP contribution < -0.4 is 5.73 Å². The fraction of sp³-hybridized carbons (Fsp3) is 0.143. The van der Waals surface area contributed by atoms with E-state index in [1.165, 1.54) is 6.07 Å². The van der Waals surface area contributed by atoms with E-state index in [4.69, 9.17) is 5.73 Å². The molecule has 0 aliphatic heterocycles. The van der Waals surface area contributed by atoms with Gasteiger partial charge in [-0.05, 0) is 48.7 Å². The van der Waals surface area contributed by atoms with E-state index in [-0.39, 0.29) is 5.82 Å². The van der Waals surface area contributed by atoms with Crippen molar-refractivity contribution in [1.82, 2.24) is 0 Å². The Morgan fingerprint density at radius 2 is 1.56 bits per heavy atom. The van der Waals surface area contributed by atoms with Gasteiger partial charge in [0.2, 0.25) is 0 Å². The SMILES string of the molecule is Cc1cc(-c2ccccc2F)cc(C)c1N. The fourth-order valence-corrected chi connectivity index (χ4v) is 1.83. The van der Waals surface area contributed by atoms with E-state index < -0.39 is 0 Å². The summed E-state index contributed by atoms with van der Waals surface area (Å²) in [6, 6.07) is 10.6. The summed E-state index contributed by atoms with van der Waals surface area (Å²) >= 11 is 0. The molecule has 0 saturated carbocycles. The molecule has 0 atom stereocenters. The molecule has 16 heavy (non-hydrogen) atoms. The summed E-state index contributed by atoms with van der Waals surface area (Å²) < 4.78 is 13.6. The van der Waals surface area contributed by atoms with Crippen LogP contribution in [-0.2, 0) is 0 Å². The maximum atomic E-state index is 13.6. The minimum Gasteiger partial charge on any atom is -0.398 e. The molecule has 0 heterocycles. The van der Waals surface area contributed by atoms with E-state index in [1.54, 1.807) is 12.1 Å². The molecular weight excluding hydrogens is 201 g/mol. The summed E-state index contributed by atoms with van der Waals surface area (Å²) in [4.78, 5) is 0. The number of halogens is 1. The van der Waals surface area contributed by atoms with Gasteiger partial charge in [-0.25, -0.2) is 4.39 Å². The van der Waals surface area contributed by atoms with Gasteiger partial charge in [-0.1, -0.05) is 18.2 Å². The number of nitrogen functional groups attached to an aromatic ring is 1. The Hall–Kier alpha value is -1.83. The molecule has 0 aliphatic rings. The standard InChI is InChI=1S/C14H14FN/c1-9-7-11(8-10(2)14(9)16)12-5-3-4-6-13(12)15/h3-8H,16H2,1-2H3. The molecule has 2 heteroatoms. The summed E-state index contributed by atoms with van der Waals surface area (Å²) in [5.74, 6) is -0.203. The zero-order valence-corrected chi connectivity index (χ0v) is 9.42. The van der Waals surface area contributed by atoms with Gasteiger partial charge in [-0.3, -0.25) is 0 Å². The Bertz CT molecular complexity index is 509. The molecule has 0 spiro atoms. The highest BCUT2D eigenvalue weighted by Gasteiger charge is 2.07. The lowest BCUT2D eigenvalue weighted by Crippen LogP contribution is -1.95. The predicted molar refractivity (Wildman–Crippen MR) is 65.7 cm³/mol. The van der Waals surface area contributed by atoms with E-state index in [2.05, 4.69) is 0 Å². The number of benzene rings is 2. The van der Waals surface area contributed by atoms with E-state index in [1.807, 2.05) is 32.0 Å². The summed E-state index contributed by atoms with van der Waals surface area (Å²) in [5.41, 5.74) is 10.1. The first kappa shape index (κ1) is 10.7. The predicted octanol–water partition coefficient (Wildman–Crippen LogP) is 3.69. The molecule has 0 unspecified atom stereocenters. The summed E-state index contributed by atoms with van der Waals surface area (Å²) in [7, 11) is 0. The second kappa shape index (κ2) is 3.97. The third-order valence-corrected chi connectivity index (χ3v) is 2.78. The van der Waals surface area contributed by atoms with Crippen LogP contribution in [0, 0.1) is 19.7 Å². The van der Waals surface area contributed by atoms with Gasteiger partial charge >= 0.3 is 0 Å². The van der Waals surface area contributed by atoms with Crippen LogP contribution in [0.15, 0.2) is 36.4 Å². The number of aryl methyl sites for hydroxylation is 2. The van der Waals surface area contributed by atoms with Crippen molar-refractivity contribution in [3.63, 3.8) is 0 Å².